The second-order valence-corrected chi connectivity index (χ2v) is 6.29. The summed E-state index contributed by atoms with van der Waals surface area (Å²) in [6.45, 7) is -2.04. The van der Waals surface area contributed by atoms with Crippen molar-refractivity contribution in [2.24, 2.45) is 0 Å². The fourth-order valence-corrected chi connectivity index (χ4v) is 2.88. The Morgan fingerprint density at radius 2 is 1.96 bits per heavy atom. The van der Waals surface area contributed by atoms with Crippen molar-refractivity contribution in [3.63, 3.8) is 0 Å². The predicted molar refractivity (Wildman–Crippen MR) is 96.3 cm³/mol. The molecule has 0 radical (unpaired) electrons. The van der Waals surface area contributed by atoms with Gasteiger partial charge >= 0.3 is 6.61 Å². The molecule has 0 aromatic heterocycles. The molecule has 1 heterocycles. The summed E-state index contributed by atoms with van der Waals surface area (Å²) in [6, 6.07) is 9.91. The molecular weight excluding hydrogens is 374 g/mol. The van der Waals surface area contributed by atoms with E-state index in [2.05, 4.69) is 10.1 Å². The van der Waals surface area contributed by atoms with E-state index in [0.29, 0.717) is 23.7 Å². The van der Waals surface area contributed by atoms with E-state index in [1.54, 1.807) is 30.3 Å². The monoisotopic (exact) mass is 395 g/mol. The number of rotatable bonds is 8. The Bertz CT molecular complexity index is 847. The lowest BCUT2D eigenvalue weighted by Crippen LogP contribution is -3.08. The summed E-state index contributed by atoms with van der Waals surface area (Å²) in [7, 11) is 3.24. The van der Waals surface area contributed by atoms with Gasteiger partial charge < -0.3 is 29.2 Å². The highest BCUT2D eigenvalue weighted by Crippen LogP contribution is 2.34. The fraction of sp³-hybridized carbons (Fsp3) is 0.316. The van der Waals surface area contributed by atoms with Crippen LogP contribution >= 0.6 is 0 Å². The maximum atomic E-state index is 12.4. The van der Waals surface area contributed by atoms with Gasteiger partial charge in [-0.05, 0) is 30.3 Å². The number of amides is 1. The number of carbonyl (C=O) groups is 1. The Morgan fingerprint density at radius 3 is 2.71 bits per heavy atom. The van der Waals surface area contributed by atoms with E-state index in [9.17, 15) is 13.6 Å². The number of halogens is 2. The van der Waals surface area contributed by atoms with Gasteiger partial charge in [0.2, 0.25) is 6.79 Å². The topological polar surface area (TPSA) is 70.5 Å². The Labute approximate surface area is 160 Å². The molecule has 28 heavy (non-hydrogen) atoms. The van der Waals surface area contributed by atoms with Crippen LogP contribution in [0.25, 0.3) is 0 Å². The smallest absolute Gasteiger partial charge is 0.387 e. The van der Waals surface area contributed by atoms with Crippen LogP contribution in [0.3, 0.4) is 0 Å². The number of fused-ring (bicyclic) bond motifs is 1. The quantitative estimate of drug-likeness (QED) is 0.712. The van der Waals surface area contributed by atoms with Crippen LogP contribution in [-0.2, 0) is 11.3 Å². The lowest BCUT2D eigenvalue weighted by Gasteiger charge is -2.16. The highest BCUT2D eigenvalue weighted by molar-refractivity contribution is 5.91. The van der Waals surface area contributed by atoms with Crippen LogP contribution < -0.4 is 29.2 Å². The third-order valence-corrected chi connectivity index (χ3v) is 4.07. The number of benzene rings is 2. The van der Waals surface area contributed by atoms with Gasteiger partial charge in [-0.15, -0.1) is 0 Å². The summed E-state index contributed by atoms with van der Waals surface area (Å²) >= 11 is 0. The second-order valence-electron chi connectivity index (χ2n) is 6.29. The minimum absolute atomic E-state index is 0.0283. The Hall–Kier alpha value is -3.07. The first-order valence-corrected chi connectivity index (χ1v) is 8.57. The number of methoxy groups -OCH3 is 1. The van der Waals surface area contributed by atoms with Gasteiger partial charge in [-0.3, -0.25) is 4.79 Å². The van der Waals surface area contributed by atoms with Gasteiger partial charge in [0.25, 0.3) is 5.91 Å². The van der Waals surface area contributed by atoms with Crippen molar-refractivity contribution in [2.45, 2.75) is 13.2 Å². The summed E-state index contributed by atoms with van der Waals surface area (Å²) in [5.74, 6) is 1.27. The van der Waals surface area contributed by atoms with Crippen molar-refractivity contribution < 1.29 is 37.4 Å². The highest BCUT2D eigenvalue weighted by atomic mass is 19.3. The zero-order valence-electron chi connectivity index (χ0n) is 15.5. The number of quaternary nitrogens is 1. The van der Waals surface area contributed by atoms with Gasteiger partial charge in [0.1, 0.15) is 6.54 Å². The standard InChI is InChI=1S/C19H20F2N2O5/c1-23(9-12-3-5-15(28-19(20)21)16(7-12)25-2)10-18(24)22-13-4-6-14-17(8-13)27-11-26-14/h3-8,19H,9-11H2,1-2H3,(H,22,24)/p+1. The van der Waals surface area contributed by atoms with Gasteiger partial charge in [0, 0.05) is 17.3 Å². The molecule has 1 amide bonds. The minimum atomic E-state index is -2.92. The number of carbonyl (C=O) groups excluding carboxylic acids is 1. The van der Waals surface area contributed by atoms with Gasteiger partial charge in [0.15, 0.2) is 29.5 Å². The summed E-state index contributed by atoms with van der Waals surface area (Å²) in [5, 5.41) is 2.82. The van der Waals surface area contributed by atoms with Crippen LogP contribution in [-0.4, -0.2) is 40.0 Å². The molecule has 0 bridgehead atoms. The van der Waals surface area contributed by atoms with E-state index >= 15 is 0 Å². The lowest BCUT2D eigenvalue weighted by molar-refractivity contribution is -0.885. The molecule has 3 rings (SSSR count). The number of likely N-dealkylation sites (N-methyl/N-ethyl adjacent to an activating group) is 1. The SMILES string of the molecule is COc1cc(C[NH+](C)CC(=O)Nc2ccc3c(c2)OCO3)ccc1OC(F)F. The van der Waals surface area contributed by atoms with Gasteiger partial charge in [-0.25, -0.2) is 0 Å². The average molecular weight is 395 g/mol. The average Bonchev–Trinajstić information content (AvgIpc) is 3.10. The molecule has 1 atom stereocenters. The van der Waals surface area contributed by atoms with E-state index in [-0.39, 0.29) is 30.7 Å². The summed E-state index contributed by atoms with van der Waals surface area (Å²) in [4.78, 5) is 13.2. The van der Waals surface area contributed by atoms with Crippen molar-refractivity contribution >= 4 is 11.6 Å². The largest absolute Gasteiger partial charge is 0.493 e. The van der Waals surface area contributed by atoms with Crippen LogP contribution in [0.1, 0.15) is 5.56 Å². The van der Waals surface area contributed by atoms with E-state index in [1.807, 2.05) is 7.05 Å². The third kappa shape index (κ3) is 5.01. The van der Waals surface area contributed by atoms with Crippen molar-refractivity contribution in [2.75, 3.05) is 32.8 Å². The Morgan fingerprint density at radius 1 is 1.18 bits per heavy atom. The number of hydrogen-bond acceptors (Lipinski definition) is 5. The Balaban J connectivity index is 1.56. The number of hydrogen-bond donors (Lipinski definition) is 2. The van der Waals surface area contributed by atoms with E-state index in [4.69, 9.17) is 14.2 Å². The first kappa shape index (κ1) is 19.7. The molecule has 9 heteroatoms. The van der Waals surface area contributed by atoms with Crippen LogP contribution in [0.5, 0.6) is 23.0 Å². The van der Waals surface area contributed by atoms with Gasteiger partial charge in [0.05, 0.1) is 14.2 Å². The second kappa shape index (κ2) is 8.75. The summed E-state index contributed by atoms with van der Waals surface area (Å²) < 4.78 is 44.8. The molecule has 2 aromatic rings. The van der Waals surface area contributed by atoms with Gasteiger partial charge in [-0.1, -0.05) is 0 Å². The molecule has 0 fully saturated rings. The molecule has 2 aromatic carbocycles. The molecule has 1 aliphatic rings. The maximum Gasteiger partial charge on any atom is 0.387 e. The van der Waals surface area contributed by atoms with Crippen LogP contribution in [0.2, 0.25) is 0 Å². The zero-order chi connectivity index (χ0) is 20.1. The Kier molecular flexibility index (Phi) is 6.15. The number of anilines is 1. The van der Waals surface area contributed by atoms with Gasteiger partial charge in [-0.2, -0.15) is 8.78 Å². The van der Waals surface area contributed by atoms with Crippen molar-refractivity contribution in [1.29, 1.82) is 0 Å². The van der Waals surface area contributed by atoms with Crippen LogP contribution in [0.4, 0.5) is 14.5 Å². The molecule has 0 saturated heterocycles. The predicted octanol–water partition coefficient (Wildman–Crippen LogP) is 1.68. The molecule has 2 N–H and O–H groups in total. The van der Waals surface area contributed by atoms with Crippen molar-refractivity contribution in [3.05, 3.63) is 42.0 Å². The number of ether oxygens (including phenoxy) is 4. The summed E-state index contributed by atoms with van der Waals surface area (Å²) in [6.07, 6.45) is 0. The molecule has 0 saturated carbocycles. The normalized spacial score (nSPS) is 13.3. The molecule has 150 valence electrons. The summed E-state index contributed by atoms with van der Waals surface area (Å²) in [5.41, 5.74) is 1.45. The van der Waals surface area contributed by atoms with E-state index < -0.39 is 6.61 Å². The maximum absolute atomic E-state index is 12.4. The minimum Gasteiger partial charge on any atom is -0.493 e. The molecular formula is C19H21F2N2O5+. The molecule has 0 aliphatic carbocycles. The van der Waals surface area contributed by atoms with Crippen LogP contribution in [0, 0.1) is 0 Å². The fourth-order valence-electron chi connectivity index (χ4n) is 2.88. The molecule has 7 nitrogen and oxygen atoms in total. The van der Waals surface area contributed by atoms with E-state index in [0.717, 1.165) is 10.5 Å². The highest BCUT2D eigenvalue weighted by Gasteiger charge is 2.17. The lowest BCUT2D eigenvalue weighted by atomic mass is 10.2. The van der Waals surface area contributed by atoms with Crippen molar-refractivity contribution in [3.8, 4) is 23.0 Å². The first-order valence-electron chi connectivity index (χ1n) is 8.57. The number of nitrogens with one attached hydrogen (secondary N) is 2. The third-order valence-electron chi connectivity index (χ3n) is 4.07. The number of alkyl halides is 2. The van der Waals surface area contributed by atoms with E-state index in [1.165, 1.54) is 13.2 Å². The van der Waals surface area contributed by atoms with Crippen LogP contribution in [0.15, 0.2) is 36.4 Å². The zero-order valence-corrected chi connectivity index (χ0v) is 15.5. The van der Waals surface area contributed by atoms with Crippen molar-refractivity contribution in [1.82, 2.24) is 0 Å². The molecule has 0 spiro atoms. The molecule has 1 unspecified atom stereocenters. The molecule has 1 aliphatic heterocycles. The first-order chi connectivity index (χ1) is 13.4.